The van der Waals surface area contributed by atoms with Crippen LogP contribution in [0.5, 0.6) is 11.6 Å². The number of hydrogen-bond acceptors (Lipinski definition) is 6. The maximum Gasteiger partial charge on any atom is 0.298 e. The molecule has 180 valence electrons. The van der Waals surface area contributed by atoms with Gasteiger partial charge in [0.2, 0.25) is 5.88 Å². The van der Waals surface area contributed by atoms with Crippen molar-refractivity contribution >= 4 is 17.6 Å². The largest absolute Gasteiger partial charge is 0.439 e. The zero-order valence-corrected chi connectivity index (χ0v) is 18.7. The highest BCUT2D eigenvalue weighted by atomic mass is 16.5. The second-order valence-corrected chi connectivity index (χ2v) is 8.82. The Labute approximate surface area is 204 Å². The lowest BCUT2D eigenvalue weighted by molar-refractivity contribution is -0.148. The number of amides is 2. The zero-order chi connectivity index (χ0) is 23.9. The van der Waals surface area contributed by atoms with Crippen molar-refractivity contribution in [1.29, 1.82) is 0 Å². The first kappa shape index (κ1) is 23.8. The lowest BCUT2D eigenvalue weighted by Crippen LogP contribution is -2.63. The number of nitrogen functional groups attached to an aromatic ring is 1. The third-order valence-corrected chi connectivity index (χ3v) is 6.42. The van der Waals surface area contributed by atoms with E-state index in [4.69, 9.17) is 16.2 Å². The highest BCUT2D eigenvalue weighted by molar-refractivity contribution is 6.03. The molecule has 3 aromatic rings. The lowest BCUT2D eigenvalue weighted by Gasteiger charge is -2.58. The Kier molecular flexibility index (Phi) is 6.22. The first-order chi connectivity index (χ1) is 16.4. The molecule has 0 radical (unpaired) electrons. The summed E-state index contributed by atoms with van der Waals surface area (Å²) in [6.45, 7) is 3.02. The summed E-state index contributed by atoms with van der Waals surface area (Å²) < 4.78 is 7.42. The number of primary amides is 1. The van der Waals surface area contributed by atoms with Crippen molar-refractivity contribution in [2.24, 2.45) is 11.1 Å². The Bertz CT molecular complexity index is 1310. The number of benzene rings is 1. The van der Waals surface area contributed by atoms with Crippen molar-refractivity contribution in [3.05, 3.63) is 54.2 Å². The topological polar surface area (TPSA) is 129 Å². The number of pyridine rings is 1. The number of aromatic nitrogens is 3. The summed E-state index contributed by atoms with van der Waals surface area (Å²) in [6, 6.07) is 12.8. The molecule has 4 N–H and O–H groups in total. The van der Waals surface area contributed by atoms with Crippen molar-refractivity contribution in [3.63, 3.8) is 0 Å². The molecular formula is C26H28N6O3. The molecule has 1 saturated carbocycles. The minimum Gasteiger partial charge on any atom is -0.439 e. The molecule has 1 aliphatic carbocycles. The summed E-state index contributed by atoms with van der Waals surface area (Å²) in [5.74, 6) is 5.78. The molecule has 2 aromatic heterocycles. The maximum atomic E-state index is 12.2. The van der Waals surface area contributed by atoms with Crippen LogP contribution >= 0.6 is 0 Å². The number of hydrogen-bond donors (Lipinski definition) is 2. The van der Waals surface area contributed by atoms with E-state index >= 15 is 0 Å². The fourth-order valence-electron chi connectivity index (χ4n) is 4.82. The van der Waals surface area contributed by atoms with E-state index in [0.29, 0.717) is 36.0 Å². The van der Waals surface area contributed by atoms with Crippen LogP contribution in [0.4, 0.5) is 5.82 Å². The SMILES string of the molecule is C.CC#CC(=O)N1CC2(CC(n3nc(-c4ccc(Oc5ccccc5)nc4)c(C(N)=O)c3N)C2)C1. The Morgan fingerprint density at radius 2 is 1.86 bits per heavy atom. The lowest BCUT2D eigenvalue weighted by atomic mass is 9.60. The van der Waals surface area contributed by atoms with Gasteiger partial charge in [-0.3, -0.25) is 9.59 Å². The number of anilines is 1. The highest BCUT2D eigenvalue weighted by Crippen LogP contribution is 2.54. The maximum absolute atomic E-state index is 12.2. The molecule has 3 heterocycles. The zero-order valence-electron chi connectivity index (χ0n) is 18.7. The number of para-hydroxylation sites is 1. The Morgan fingerprint density at radius 1 is 1.14 bits per heavy atom. The van der Waals surface area contributed by atoms with Crippen LogP contribution in [-0.4, -0.2) is 44.6 Å². The van der Waals surface area contributed by atoms with Gasteiger partial charge in [0, 0.05) is 36.3 Å². The van der Waals surface area contributed by atoms with Crippen molar-refractivity contribution < 1.29 is 14.3 Å². The molecule has 9 heteroatoms. The van der Waals surface area contributed by atoms with Gasteiger partial charge in [0.05, 0.1) is 6.04 Å². The van der Waals surface area contributed by atoms with Crippen molar-refractivity contribution in [2.75, 3.05) is 18.8 Å². The van der Waals surface area contributed by atoms with E-state index in [1.165, 1.54) is 0 Å². The second kappa shape index (κ2) is 9.14. The fourth-order valence-corrected chi connectivity index (χ4v) is 4.82. The molecule has 1 spiro atoms. The van der Waals surface area contributed by atoms with Crippen LogP contribution in [0.2, 0.25) is 0 Å². The van der Waals surface area contributed by atoms with Gasteiger partial charge in [0.1, 0.15) is 22.8 Å². The number of carbonyl (C=O) groups excluding carboxylic acids is 2. The van der Waals surface area contributed by atoms with Crippen LogP contribution in [0.25, 0.3) is 11.3 Å². The highest BCUT2D eigenvalue weighted by Gasteiger charge is 2.54. The van der Waals surface area contributed by atoms with E-state index in [9.17, 15) is 9.59 Å². The van der Waals surface area contributed by atoms with Gasteiger partial charge in [-0.15, -0.1) is 0 Å². The Hall–Kier alpha value is -4.32. The Balaban J connectivity index is 0.00000289. The predicted molar refractivity (Wildman–Crippen MR) is 132 cm³/mol. The van der Waals surface area contributed by atoms with Crippen molar-refractivity contribution in [3.8, 4) is 34.7 Å². The quantitative estimate of drug-likeness (QED) is 0.549. The van der Waals surface area contributed by atoms with E-state index in [1.807, 2.05) is 30.3 Å². The first-order valence-electron chi connectivity index (χ1n) is 11.0. The molecular weight excluding hydrogens is 444 g/mol. The van der Waals surface area contributed by atoms with Crippen LogP contribution in [0.1, 0.15) is 43.6 Å². The monoisotopic (exact) mass is 472 g/mol. The van der Waals surface area contributed by atoms with E-state index in [1.54, 1.807) is 34.8 Å². The summed E-state index contributed by atoms with van der Waals surface area (Å²) in [5, 5.41) is 4.65. The molecule has 2 amide bonds. The normalized spacial score (nSPS) is 15.7. The van der Waals surface area contributed by atoms with Crippen LogP contribution < -0.4 is 16.2 Å². The van der Waals surface area contributed by atoms with Gasteiger partial charge in [0.15, 0.2) is 0 Å². The van der Waals surface area contributed by atoms with Gasteiger partial charge >= 0.3 is 0 Å². The van der Waals surface area contributed by atoms with Gasteiger partial charge in [-0.05, 0) is 43.9 Å². The third-order valence-electron chi connectivity index (χ3n) is 6.42. The standard InChI is InChI=1S/C25H24N6O3.CH4/c1-2-6-20(32)30-14-25(15-30)11-17(12-25)31-23(26)21(24(27)33)22(29-31)16-9-10-19(28-13-16)34-18-7-4-3-5-8-18;/h3-5,7-10,13,17H,11-12,14-15,26H2,1H3,(H2,27,33);1H4. The minimum atomic E-state index is -0.643. The number of carbonyl (C=O) groups is 2. The number of nitrogens with zero attached hydrogens (tertiary/aromatic N) is 4. The summed E-state index contributed by atoms with van der Waals surface area (Å²) in [6.07, 6.45) is 3.23. The smallest absolute Gasteiger partial charge is 0.298 e. The van der Waals surface area contributed by atoms with Gasteiger partial charge in [-0.1, -0.05) is 31.5 Å². The van der Waals surface area contributed by atoms with E-state index < -0.39 is 5.91 Å². The molecule has 1 aromatic carbocycles. The molecule has 1 saturated heterocycles. The van der Waals surface area contributed by atoms with Gasteiger partial charge in [-0.25, -0.2) is 9.67 Å². The molecule has 2 fully saturated rings. The number of likely N-dealkylation sites (tertiary alicyclic amines) is 1. The predicted octanol–water partition coefficient (Wildman–Crippen LogP) is 3.24. The molecule has 0 unspecified atom stereocenters. The average molecular weight is 473 g/mol. The number of ether oxygens (including phenoxy) is 1. The Morgan fingerprint density at radius 3 is 2.46 bits per heavy atom. The molecule has 2 aliphatic rings. The summed E-state index contributed by atoms with van der Waals surface area (Å²) >= 11 is 0. The van der Waals surface area contributed by atoms with E-state index in [0.717, 1.165) is 12.8 Å². The molecule has 35 heavy (non-hydrogen) atoms. The van der Waals surface area contributed by atoms with Gasteiger partial charge in [-0.2, -0.15) is 5.10 Å². The third kappa shape index (κ3) is 4.30. The van der Waals surface area contributed by atoms with Crippen molar-refractivity contribution in [1.82, 2.24) is 19.7 Å². The van der Waals surface area contributed by atoms with Crippen LogP contribution in [-0.2, 0) is 4.79 Å². The van der Waals surface area contributed by atoms with E-state index in [2.05, 4.69) is 21.9 Å². The number of rotatable bonds is 5. The van der Waals surface area contributed by atoms with E-state index in [-0.39, 0.29) is 36.2 Å². The van der Waals surface area contributed by atoms with Crippen LogP contribution in [0, 0.1) is 17.3 Å². The van der Waals surface area contributed by atoms with Gasteiger partial charge < -0.3 is 21.1 Å². The minimum absolute atomic E-state index is 0. The van der Waals surface area contributed by atoms with Crippen LogP contribution in [0.15, 0.2) is 48.7 Å². The molecule has 0 bridgehead atoms. The molecule has 1 aliphatic heterocycles. The second-order valence-electron chi connectivity index (χ2n) is 8.82. The molecule has 0 atom stereocenters. The van der Waals surface area contributed by atoms with Crippen molar-refractivity contribution in [2.45, 2.75) is 33.2 Å². The summed E-state index contributed by atoms with van der Waals surface area (Å²) in [4.78, 5) is 30.2. The molecule has 9 nitrogen and oxygen atoms in total. The summed E-state index contributed by atoms with van der Waals surface area (Å²) in [5.41, 5.74) is 13.2. The molecule has 5 rings (SSSR count). The fraction of sp³-hybridized carbons (Fsp3) is 0.308. The first-order valence-corrected chi connectivity index (χ1v) is 11.0. The number of nitrogens with two attached hydrogens (primary N) is 2. The average Bonchev–Trinajstić information content (AvgIpc) is 3.10. The van der Waals surface area contributed by atoms with Gasteiger partial charge in [0.25, 0.3) is 11.8 Å². The van der Waals surface area contributed by atoms with Crippen LogP contribution in [0.3, 0.4) is 0 Å². The summed E-state index contributed by atoms with van der Waals surface area (Å²) in [7, 11) is 0.